The molecule has 0 spiro atoms. The Morgan fingerprint density at radius 1 is 1.40 bits per heavy atom. The standard InChI is InChI=1S/C12H18N2O/c13-7-11-6-10(8-14-11)12(15)9-4-2-1-3-5-9/h6,8-9,14H,1-5,7,13H2. The molecule has 0 saturated heterocycles. The van der Waals surface area contributed by atoms with Crippen molar-refractivity contribution < 1.29 is 4.79 Å². The molecule has 1 aromatic rings. The molecular formula is C12H18N2O. The van der Waals surface area contributed by atoms with Crippen molar-refractivity contribution in [2.45, 2.75) is 38.6 Å². The summed E-state index contributed by atoms with van der Waals surface area (Å²) in [4.78, 5) is 15.1. The fourth-order valence-electron chi connectivity index (χ4n) is 2.30. The third-order valence-corrected chi connectivity index (χ3v) is 3.22. The van der Waals surface area contributed by atoms with Crippen molar-refractivity contribution in [2.75, 3.05) is 0 Å². The Morgan fingerprint density at radius 3 is 2.73 bits per heavy atom. The lowest BCUT2D eigenvalue weighted by Gasteiger charge is -2.19. The molecule has 0 atom stereocenters. The van der Waals surface area contributed by atoms with Crippen LogP contribution in [-0.2, 0) is 6.54 Å². The highest BCUT2D eigenvalue weighted by Crippen LogP contribution is 2.26. The predicted octanol–water partition coefficient (Wildman–Crippen LogP) is 2.24. The zero-order valence-electron chi connectivity index (χ0n) is 8.96. The van der Waals surface area contributed by atoms with Gasteiger partial charge in [0.05, 0.1) is 0 Å². The lowest BCUT2D eigenvalue weighted by atomic mass is 9.84. The quantitative estimate of drug-likeness (QED) is 0.745. The Bertz CT molecular complexity index is 337. The summed E-state index contributed by atoms with van der Waals surface area (Å²) >= 11 is 0. The Balaban J connectivity index is 2.05. The second kappa shape index (κ2) is 4.62. The molecule has 3 nitrogen and oxygen atoms in total. The van der Waals surface area contributed by atoms with Crippen molar-refractivity contribution in [3.05, 3.63) is 23.5 Å². The number of nitrogens with two attached hydrogens (primary N) is 1. The third kappa shape index (κ3) is 2.29. The number of hydrogen-bond donors (Lipinski definition) is 2. The molecule has 0 bridgehead atoms. The zero-order chi connectivity index (χ0) is 10.7. The molecule has 82 valence electrons. The van der Waals surface area contributed by atoms with E-state index < -0.39 is 0 Å². The van der Waals surface area contributed by atoms with Crippen LogP contribution in [0.25, 0.3) is 0 Å². The molecule has 0 amide bonds. The summed E-state index contributed by atoms with van der Waals surface area (Å²) in [6.07, 6.45) is 7.59. The number of carbonyl (C=O) groups is 1. The van der Waals surface area contributed by atoms with Gasteiger partial charge in [-0.2, -0.15) is 0 Å². The maximum atomic E-state index is 12.1. The van der Waals surface area contributed by atoms with Crippen molar-refractivity contribution >= 4 is 5.78 Å². The number of aromatic amines is 1. The average molecular weight is 206 g/mol. The largest absolute Gasteiger partial charge is 0.363 e. The van der Waals surface area contributed by atoms with E-state index >= 15 is 0 Å². The molecule has 1 heterocycles. The van der Waals surface area contributed by atoms with Crippen LogP contribution in [0.4, 0.5) is 0 Å². The second-order valence-electron chi connectivity index (χ2n) is 4.32. The van der Waals surface area contributed by atoms with E-state index in [4.69, 9.17) is 5.73 Å². The van der Waals surface area contributed by atoms with Crippen LogP contribution < -0.4 is 5.73 Å². The van der Waals surface area contributed by atoms with Crippen LogP contribution in [0.1, 0.15) is 48.2 Å². The minimum absolute atomic E-state index is 0.250. The van der Waals surface area contributed by atoms with E-state index in [2.05, 4.69) is 4.98 Å². The van der Waals surface area contributed by atoms with E-state index in [0.29, 0.717) is 12.3 Å². The average Bonchev–Trinajstić information content (AvgIpc) is 2.78. The molecule has 1 saturated carbocycles. The Labute approximate surface area is 90.1 Å². The normalized spacial score (nSPS) is 17.9. The number of rotatable bonds is 3. The Kier molecular flexibility index (Phi) is 3.21. The van der Waals surface area contributed by atoms with Crippen molar-refractivity contribution in [2.24, 2.45) is 11.7 Å². The van der Waals surface area contributed by atoms with Gasteiger partial charge in [-0.3, -0.25) is 4.79 Å². The fourth-order valence-corrected chi connectivity index (χ4v) is 2.30. The van der Waals surface area contributed by atoms with Gasteiger partial charge in [-0.05, 0) is 18.9 Å². The van der Waals surface area contributed by atoms with Crippen molar-refractivity contribution in [3.63, 3.8) is 0 Å². The van der Waals surface area contributed by atoms with E-state index in [1.54, 1.807) is 6.20 Å². The number of carbonyl (C=O) groups excluding carboxylic acids is 1. The Hall–Kier alpha value is -1.09. The maximum absolute atomic E-state index is 12.1. The number of Topliss-reactive ketones (excluding diaryl/α,β-unsaturated/α-hetero) is 1. The summed E-state index contributed by atoms with van der Waals surface area (Å²) in [6, 6.07) is 1.89. The maximum Gasteiger partial charge on any atom is 0.167 e. The third-order valence-electron chi connectivity index (χ3n) is 3.22. The molecule has 2 rings (SSSR count). The van der Waals surface area contributed by atoms with Crippen LogP contribution in [0.5, 0.6) is 0 Å². The molecule has 1 aliphatic rings. The van der Waals surface area contributed by atoms with Gasteiger partial charge in [0.1, 0.15) is 0 Å². The van der Waals surface area contributed by atoms with Crippen molar-refractivity contribution in [1.29, 1.82) is 0 Å². The summed E-state index contributed by atoms with van der Waals surface area (Å²) in [6.45, 7) is 0.470. The van der Waals surface area contributed by atoms with Crippen LogP contribution in [-0.4, -0.2) is 10.8 Å². The minimum Gasteiger partial charge on any atom is -0.363 e. The molecule has 1 fully saturated rings. The molecule has 1 aliphatic carbocycles. The summed E-state index contributed by atoms with van der Waals surface area (Å²) in [5.74, 6) is 0.547. The molecule has 0 radical (unpaired) electrons. The topological polar surface area (TPSA) is 58.9 Å². The molecular weight excluding hydrogens is 188 g/mol. The number of hydrogen-bond acceptors (Lipinski definition) is 2. The first kappa shape index (κ1) is 10.4. The van der Waals surface area contributed by atoms with E-state index in [-0.39, 0.29) is 5.92 Å². The molecule has 0 aliphatic heterocycles. The van der Waals surface area contributed by atoms with Gasteiger partial charge in [-0.1, -0.05) is 19.3 Å². The van der Waals surface area contributed by atoms with Crippen LogP contribution in [0.2, 0.25) is 0 Å². The summed E-state index contributed by atoms with van der Waals surface area (Å²) < 4.78 is 0. The van der Waals surface area contributed by atoms with Crippen LogP contribution in [0, 0.1) is 5.92 Å². The van der Waals surface area contributed by atoms with Gasteiger partial charge < -0.3 is 10.7 Å². The first-order chi connectivity index (χ1) is 7.31. The van der Waals surface area contributed by atoms with Gasteiger partial charge in [0.25, 0.3) is 0 Å². The van der Waals surface area contributed by atoms with Gasteiger partial charge in [-0.15, -0.1) is 0 Å². The highest BCUT2D eigenvalue weighted by atomic mass is 16.1. The number of ketones is 1. The van der Waals surface area contributed by atoms with Gasteiger partial charge in [0, 0.05) is 29.9 Å². The van der Waals surface area contributed by atoms with E-state index in [9.17, 15) is 4.79 Å². The van der Waals surface area contributed by atoms with Crippen molar-refractivity contribution in [1.82, 2.24) is 4.98 Å². The van der Waals surface area contributed by atoms with E-state index in [1.165, 1.54) is 19.3 Å². The molecule has 0 unspecified atom stereocenters. The monoisotopic (exact) mass is 206 g/mol. The number of aromatic nitrogens is 1. The van der Waals surface area contributed by atoms with Crippen LogP contribution >= 0.6 is 0 Å². The zero-order valence-corrected chi connectivity index (χ0v) is 8.96. The molecule has 0 aromatic carbocycles. The lowest BCUT2D eigenvalue weighted by molar-refractivity contribution is 0.0889. The minimum atomic E-state index is 0.250. The second-order valence-corrected chi connectivity index (χ2v) is 4.32. The first-order valence-corrected chi connectivity index (χ1v) is 5.73. The van der Waals surface area contributed by atoms with Crippen LogP contribution in [0.3, 0.4) is 0 Å². The highest BCUT2D eigenvalue weighted by Gasteiger charge is 2.22. The van der Waals surface area contributed by atoms with Gasteiger partial charge in [0.2, 0.25) is 0 Å². The molecule has 15 heavy (non-hydrogen) atoms. The highest BCUT2D eigenvalue weighted by molar-refractivity contribution is 5.97. The first-order valence-electron chi connectivity index (χ1n) is 5.73. The SMILES string of the molecule is NCc1cc(C(=O)C2CCCCC2)c[nH]1. The van der Waals surface area contributed by atoms with Crippen LogP contribution in [0.15, 0.2) is 12.3 Å². The fraction of sp³-hybridized carbons (Fsp3) is 0.583. The van der Waals surface area contributed by atoms with E-state index in [0.717, 1.165) is 24.1 Å². The smallest absolute Gasteiger partial charge is 0.167 e. The summed E-state index contributed by atoms with van der Waals surface area (Å²) in [5.41, 5.74) is 7.25. The molecule has 1 aromatic heterocycles. The molecule has 3 heteroatoms. The molecule has 3 N–H and O–H groups in total. The number of nitrogens with one attached hydrogen (secondary N) is 1. The lowest BCUT2D eigenvalue weighted by Crippen LogP contribution is -2.17. The summed E-state index contributed by atoms with van der Waals surface area (Å²) in [5, 5.41) is 0. The predicted molar refractivity (Wildman–Crippen MR) is 59.6 cm³/mol. The van der Waals surface area contributed by atoms with Gasteiger partial charge in [-0.25, -0.2) is 0 Å². The Morgan fingerprint density at radius 2 is 2.13 bits per heavy atom. The van der Waals surface area contributed by atoms with Gasteiger partial charge in [0.15, 0.2) is 5.78 Å². The number of H-pyrrole nitrogens is 1. The van der Waals surface area contributed by atoms with Crippen molar-refractivity contribution in [3.8, 4) is 0 Å². The summed E-state index contributed by atoms with van der Waals surface area (Å²) in [7, 11) is 0. The van der Waals surface area contributed by atoms with E-state index in [1.807, 2.05) is 6.07 Å². The van der Waals surface area contributed by atoms with Gasteiger partial charge >= 0.3 is 0 Å².